The fourth-order valence-corrected chi connectivity index (χ4v) is 2.35. The molecule has 4 aromatic rings. The maximum Gasteiger partial charge on any atom is 0.356 e. The number of carboxylic acid groups (broad SMARTS) is 1. The van der Waals surface area contributed by atoms with Gasteiger partial charge in [0.1, 0.15) is 12.7 Å². The fraction of sp³-hybridized carbons (Fsp3) is 0.188. The van der Waals surface area contributed by atoms with Gasteiger partial charge >= 0.3 is 17.9 Å². The van der Waals surface area contributed by atoms with Crippen molar-refractivity contribution in [3.05, 3.63) is 47.6 Å². The van der Waals surface area contributed by atoms with Crippen LogP contribution < -0.4 is 0 Å². The van der Waals surface area contributed by atoms with Gasteiger partial charge in [-0.1, -0.05) is 0 Å². The first-order valence-corrected chi connectivity index (χ1v) is 8.13. The number of carbonyl (C=O) groups excluding carboxylic acids is 2. The summed E-state index contributed by atoms with van der Waals surface area (Å²) in [4.78, 5) is 48.9. The van der Waals surface area contributed by atoms with Crippen molar-refractivity contribution in [1.29, 1.82) is 0 Å². The summed E-state index contributed by atoms with van der Waals surface area (Å²) in [6, 6.07) is 2.68. The molecule has 14 nitrogen and oxygen atoms in total. The Balaban J connectivity index is 0.000000172. The number of carbonyl (C=O) groups is 3. The van der Waals surface area contributed by atoms with E-state index in [1.165, 1.54) is 31.4 Å². The average molecular weight is 414 g/mol. The Morgan fingerprint density at radius 3 is 1.87 bits per heavy atom. The smallest absolute Gasteiger partial charge is 0.356 e. The predicted octanol–water partition coefficient (Wildman–Crippen LogP) is -0.172. The molecule has 0 spiro atoms. The second-order valence-electron chi connectivity index (χ2n) is 5.54. The van der Waals surface area contributed by atoms with Crippen LogP contribution in [0.3, 0.4) is 0 Å². The van der Waals surface area contributed by atoms with Crippen molar-refractivity contribution >= 4 is 29.5 Å². The topological polar surface area (TPSA) is 176 Å². The van der Waals surface area contributed by atoms with Gasteiger partial charge in [-0.3, -0.25) is 0 Å². The number of nitrogens with zero attached hydrogens (tertiary/aromatic N) is 8. The Kier molecular flexibility index (Phi) is 5.57. The van der Waals surface area contributed by atoms with Gasteiger partial charge in [0, 0.05) is 11.8 Å². The molecule has 1 N–H and O–H groups in total. The number of hydrogen-bond acceptors (Lipinski definition) is 11. The quantitative estimate of drug-likeness (QED) is 0.438. The minimum atomic E-state index is -1.25. The highest BCUT2D eigenvalue weighted by atomic mass is 16.5. The highest BCUT2D eigenvalue weighted by Crippen LogP contribution is 2.07. The lowest BCUT2D eigenvalue weighted by Gasteiger charge is -2.02. The molecule has 30 heavy (non-hydrogen) atoms. The second kappa shape index (κ2) is 8.26. The van der Waals surface area contributed by atoms with E-state index in [0.29, 0.717) is 17.2 Å². The van der Waals surface area contributed by atoms with Crippen LogP contribution in [0.5, 0.6) is 0 Å². The first-order chi connectivity index (χ1) is 14.3. The molecule has 0 atom stereocenters. The molecule has 0 bridgehead atoms. The third-order valence-corrected chi connectivity index (χ3v) is 3.64. The predicted molar refractivity (Wildman–Crippen MR) is 95.9 cm³/mol. The van der Waals surface area contributed by atoms with Crippen molar-refractivity contribution in [2.45, 2.75) is 6.92 Å². The Hall–Kier alpha value is -4.49. The van der Waals surface area contributed by atoms with Crippen molar-refractivity contribution in [3.8, 4) is 0 Å². The zero-order chi connectivity index (χ0) is 21.8. The van der Waals surface area contributed by atoms with Crippen LogP contribution in [-0.4, -0.2) is 76.4 Å². The normalized spacial score (nSPS) is 10.4. The standard InChI is InChI=1S/C8H6N4O4.C8H8N4O2/c1-16-7(15)5-2-4(6(13)14)11-8-9-3-10-12(5)8;1-5-3-6(7(13)14-2)12-8(11-5)9-4-10-12/h2-3H,1H3,(H,13,14);3-4H,1-2H3. The van der Waals surface area contributed by atoms with E-state index >= 15 is 0 Å². The summed E-state index contributed by atoms with van der Waals surface area (Å²) in [6.45, 7) is 1.78. The van der Waals surface area contributed by atoms with E-state index in [-0.39, 0.29) is 17.2 Å². The van der Waals surface area contributed by atoms with Gasteiger partial charge in [0.2, 0.25) is 0 Å². The fourth-order valence-electron chi connectivity index (χ4n) is 2.35. The summed E-state index contributed by atoms with van der Waals surface area (Å²) in [5.74, 6) is -1.99. The van der Waals surface area contributed by atoms with Gasteiger partial charge in [-0.2, -0.15) is 29.2 Å². The molecule has 14 heteroatoms. The zero-order valence-corrected chi connectivity index (χ0v) is 15.9. The van der Waals surface area contributed by atoms with Gasteiger partial charge in [0.25, 0.3) is 11.6 Å². The highest BCUT2D eigenvalue weighted by Gasteiger charge is 2.17. The first-order valence-electron chi connectivity index (χ1n) is 8.13. The number of rotatable bonds is 3. The minimum absolute atomic E-state index is 0.0281. The van der Waals surface area contributed by atoms with Crippen LogP contribution in [0, 0.1) is 6.92 Å². The molecular weight excluding hydrogens is 400 g/mol. The Morgan fingerprint density at radius 2 is 1.37 bits per heavy atom. The molecule has 154 valence electrons. The summed E-state index contributed by atoms with van der Waals surface area (Å²) in [7, 11) is 2.51. The van der Waals surface area contributed by atoms with Crippen LogP contribution in [0.4, 0.5) is 0 Å². The number of methoxy groups -OCH3 is 2. The average Bonchev–Trinajstić information content (AvgIpc) is 3.40. The van der Waals surface area contributed by atoms with E-state index in [9.17, 15) is 14.4 Å². The van der Waals surface area contributed by atoms with Gasteiger partial charge in [0.15, 0.2) is 17.1 Å². The van der Waals surface area contributed by atoms with E-state index in [0.717, 1.165) is 10.6 Å². The highest BCUT2D eigenvalue weighted by molar-refractivity contribution is 5.92. The summed E-state index contributed by atoms with van der Waals surface area (Å²) in [6.07, 6.45) is 2.51. The van der Waals surface area contributed by atoms with Crippen molar-refractivity contribution < 1.29 is 29.0 Å². The lowest BCUT2D eigenvalue weighted by molar-refractivity contribution is 0.0581. The Morgan fingerprint density at radius 1 is 0.867 bits per heavy atom. The second-order valence-corrected chi connectivity index (χ2v) is 5.54. The summed E-state index contributed by atoms with van der Waals surface area (Å²) in [5.41, 5.74) is 0.696. The van der Waals surface area contributed by atoms with Crippen LogP contribution in [-0.2, 0) is 9.47 Å². The molecule has 0 saturated carbocycles. The van der Waals surface area contributed by atoms with Gasteiger partial charge in [-0.25, -0.2) is 24.4 Å². The molecule has 0 radical (unpaired) electrons. The number of aromatic nitrogens is 8. The molecule has 0 unspecified atom stereocenters. The number of hydrogen-bond donors (Lipinski definition) is 1. The largest absolute Gasteiger partial charge is 0.477 e. The molecule has 0 aliphatic rings. The van der Waals surface area contributed by atoms with Gasteiger partial charge in [-0.15, -0.1) is 0 Å². The van der Waals surface area contributed by atoms with Crippen molar-refractivity contribution in [2.24, 2.45) is 0 Å². The van der Waals surface area contributed by atoms with E-state index in [1.54, 1.807) is 13.0 Å². The molecule has 0 fully saturated rings. The van der Waals surface area contributed by atoms with Crippen LogP contribution in [0.2, 0.25) is 0 Å². The lowest BCUT2D eigenvalue weighted by Crippen LogP contribution is -2.13. The van der Waals surface area contributed by atoms with Crippen LogP contribution >= 0.6 is 0 Å². The number of aryl methyl sites for hydroxylation is 1. The monoisotopic (exact) mass is 414 g/mol. The third-order valence-electron chi connectivity index (χ3n) is 3.64. The summed E-state index contributed by atoms with van der Waals surface area (Å²) >= 11 is 0. The molecule has 4 rings (SSSR count). The molecule has 0 amide bonds. The van der Waals surface area contributed by atoms with E-state index in [1.807, 2.05) is 0 Å². The molecule has 4 heterocycles. The number of carboxylic acids is 1. The summed E-state index contributed by atoms with van der Waals surface area (Å²) < 4.78 is 11.6. The van der Waals surface area contributed by atoms with E-state index < -0.39 is 17.9 Å². The minimum Gasteiger partial charge on any atom is -0.477 e. The Labute approximate surface area is 167 Å². The molecule has 0 aliphatic carbocycles. The molecule has 0 aromatic carbocycles. The van der Waals surface area contributed by atoms with E-state index in [2.05, 4.69) is 39.6 Å². The summed E-state index contributed by atoms with van der Waals surface area (Å²) in [5, 5.41) is 16.4. The molecule has 0 saturated heterocycles. The third kappa shape index (κ3) is 3.87. The van der Waals surface area contributed by atoms with Crippen molar-refractivity contribution in [3.63, 3.8) is 0 Å². The first kappa shape index (κ1) is 20.2. The maximum absolute atomic E-state index is 11.4. The number of ether oxygens (including phenoxy) is 2. The maximum atomic E-state index is 11.4. The molecular formula is C16H14N8O6. The number of esters is 2. The van der Waals surface area contributed by atoms with Gasteiger partial charge in [0.05, 0.1) is 14.2 Å². The SMILES string of the molecule is COC(=O)c1cc(C(=O)O)nc2ncnn12.COC(=O)c1cc(C)nc2ncnn12. The van der Waals surface area contributed by atoms with E-state index in [4.69, 9.17) is 5.11 Å². The van der Waals surface area contributed by atoms with Crippen LogP contribution in [0.15, 0.2) is 24.8 Å². The van der Waals surface area contributed by atoms with Crippen LogP contribution in [0.1, 0.15) is 37.2 Å². The van der Waals surface area contributed by atoms with Crippen molar-refractivity contribution in [1.82, 2.24) is 39.2 Å². The number of fused-ring (bicyclic) bond motifs is 2. The van der Waals surface area contributed by atoms with Crippen LogP contribution in [0.25, 0.3) is 11.6 Å². The Bertz CT molecular complexity index is 1260. The lowest BCUT2D eigenvalue weighted by atomic mass is 10.3. The van der Waals surface area contributed by atoms with Gasteiger partial charge < -0.3 is 14.6 Å². The van der Waals surface area contributed by atoms with Gasteiger partial charge in [-0.05, 0) is 13.0 Å². The number of aromatic carboxylic acids is 1. The molecule has 4 aromatic heterocycles. The zero-order valence-electron chi connectivity index (χ0n) is 15.9. The molecule has 0 aliphatic heterocycles. The van der Waals surface area contributed by atoms with Crippen molar-refractivity contribution in [2.75, 3.05) is 14.2 Å².